The van der Waals surface area contributed by atoms with Crippen molar-refractivity contribution in [3.05, 3.63) is 57.6 Å². The molecular weight excluding hydrogens is 264 g/mol. The fourth-order valence-corrected chi connectivity index (χ4v) is 2.69. The second-order valence-electron chi connectivity index (χ2n) is 5.32. The molecule has 0 aliphatic carbocycles. The van der Waals surface area contributed by atoms with Crippen LogP contribution in [0, 0.1) is 13.8 Å². The van der Waals surface area contributed by atoms with E-state index in [1.807, 2.05) is 55.9 Å². The van der Waals surface area contributed by atoms with Crippen LogP contribution < -0.4 is 11.3 Å². The zero-order chi connectivity index (χ0) is 15.1. The Bertz CT molecular complexity index is 889. The van der Waals surface area contributed by atoms with Gasteiger partial charge >= 0.3 is 0 Å². The standard InChI is InChI=1S/C16H18N4O/c1-10-14(11(2)19(3)18-10)9-20-15(17)8-12-6-4-5-7-13(12)16(20)21/h4-8H,9,17H2,1-3H3. The molecule has 108 valence electrons. The predicted molar refractivity (Wildman–Crippen MR) is 84.4 cm³/mol. The van der Waals surface area contributed by atoms with Crippen LogP contribution in [0.25, 0.3) is 10.8 Å². The van der Waals surface area contributed by atoms with Gasteiger partial charge in [0.05, 0.1) is 12.2 Å². The lowest BCUT2D eigenvalue weighted by Gasteiger charge is -2.11. The molecule has 21 heavy (non-hydrogen) atoms. The molecule has 1 aromatic carbocycles. The maximum atomic E-state index is 12.6. The van der Waals surface area contributed by atoms with E-state index in [2.05, 4.69) is 5.10 Å². The molecule has 0 fully saturated rings. The molecule has 0 aliphatic heterocycles. The number of pyridine rings is 1. The van der Waals surface area contributed by atoms with Crippen LogP contribution in [0.3, 0.4) is 0 Å². The van der Waals surface area contributed by atoms with E-state index in [0.717, 1.165) is 22.3 Å². The molecule has 3 aromatic rings. The highest BCUT2D eigenvalue weighted by atomic mass is 16.1. The Morgan fingerprint density at radius 2 is 1.95 bits per heavy atom. The molecule has 0 spiro atoms. The van der Waals surface area contributed by atoms with Gasteiger partial charge in [-0.05, 0) is 31.4 Å². The summed E-state index contributed by atoms with van der Waals surface area (Å²) in [4.78, 5) is 12.6. The van der Waals surface area contributed by atoms with Gasteiger partial charge in [0.15, 0.2) is 0 Å². The lowest BCUT2D eigenvalue weighted by Crippen LogP contribution is -2.24. The molecule has 0 aliphatic rings. The van der Waals surface area contributed by atoms with Gasteiger partial charge in [-0.25, -0.2) is 0 Å². The minimum Gasteiger partial charge on any atom is -0.385 e. The normalized spacial score (nSPS) is 11.2. The molecule has 2 heterocycles. The van der Waals surface area contributed by atoms with Crippen molar-refractivity contribution >= 4 is 16.6 Å². The molecular formula is C16H18N4O. The molecule has 5 nitrogen and oxygen atoms in total. The first-order chi connectivity index (χ1) is 9.99. The third-order valence-corrected chi connectivity index (χ3v) is 4.03. The largest absolute Gasteiger partial charge is 0.385 e. The summed E-state index contributed by atoms with van der Waals surface area (Å²) in [5, 5.41) is 5.95. The predicted octanol–water partition coefficient (Wildman–Crippen LogP) is 1.98. The monoisotopic (exact) mass is 282 g/mol. The Morgan fingerprint density at radius 1 is 1.24 bits per heavy atom. The van der Waals surface area contributed by atoms with Crippen molar-refractivity contribution in [1.29, 1.82) is 0 Å². The summed E-state index contributed by atoms with van der Waals surface area (Å²) in [5.74, 6) is 0.473. The Balaban J connectivity index is 2.19. The zero-order valence-electron chi connectivity index (χ0n) is 12.4. The molecule has 2 aromatic heterocycles. The summed E-state index contributed by atoms with van der Waals surface area (Å²) >= 11 is 0. The van der Waals surface area contributed by atoms with Gasteiger partial charge in [-0.3, -0.25) is 14.0 Å². The average Bonchev–Trinajstić information content (AvgIpc) is 2.69. The highest BCUT2D eigenvalue weighted by Gasteiger charge is 2.13. The molecule has 0 saturated carbocycles. The summed E-state index contributed by atoms with van der Waals surface area (Å²) in [6, 6.07) is 9.35. The van der Waals surface area contributed by atoms with Crippen LogP contribution in [0.15, 0.2) is 35.1 Å². The van der Waals surface area contributed by atoms with E-state index >= 15 is 0 Å². The third kappa shape index (κ3) is 2.11. The molecule has 0 unspecified atom stereocenters. The van der Waals surface area contributed by atoms with E-state index in [9.17, 15) is 4.79 Å². The SMILES string of the molecule is Cc1nn(C)c(C)c1Cn1c(N)cc2ccccc2c1=O. The number of fused-ring (bicyclic) bond motifs is 1. The summed E-state index contributed by atoms with van der Waals surface area (Å²) in [6.45, 7) is 4.39. The first-order valence-electron chi connectivity index (χ1n) is 6.86. The van der Waals surface area contributed by atoms with Crippen LogP contribution in [0.1, 0.15) is 17.0 Å². The lowest BCUT2D eigenvalue weighted by molar-refractivity contribution is 0.725. The molecule has 0 atom stereocenters. The van der Waals surface area contributed by atoms with Gasteiger partial charge in [-0.15, -0.1) is 0 Å². The van der Waals surface area contributed by atoms with Gasteiger partial charge in [-0.1, -0.05) is 18.2 Å². The van der Waals surface area contributed by atoms with Gasteiger partial charge in [0.25, 0.3) is 5.56 Å². The van der Waals surface area contributed by atoms with Crippen LogP contribution in [0.2, 0.25) is 0 Å². The van der Waals surface area contributed by atoms with Gasteiger partial charge in [0, 0.05) is 23.7 Å². The van der Waals surface area contributed by atoms with Crippen molar-refractivity contribution in [2.75, 3.05) is 5.73 Å². The zero-order valence-corrected chi connectivity index (χ0v) is 12.4. The van der Waals surface area contributed by atoms with Crippen LogP contribution in [-0.2, 0) is 13.6 Å². The van der Waals surface area contributed by atoms with Crippen molar-refractivity contribution in [2.45, 2.75) is 20.4 Å². The smallest absolute Gasteiger partial charge is 0.260 e. The van der Waals surface area contributed by atoms with E-state index in [-0.39, 0.29) is 5.56 Å². The number of aryl methyl sites for hydroxylation is 2. The van der Waals surface area contributed by atoms with Gasteiger partial charge < -0.3 is 5.73 Å². The van der Waals surface area contributed by atoms with Crippen molar-refractivity contribution < 1.29 is 0 Å². The Hall–Kier alpha value is -2.56. The summed E-state index contributed by atoms with van der Waals surface area (Å²) in [7, 11) is 1.90. The maximum Gasteiger partial charge on any atom is 0.260 e. The quantitative estimate of drug-likeness (QED) is 0.781. The number of nitrogens with zero attached hydrogens (tertiary/aromatic N) is 3. The lowest BCUT2D eigenvalue weighted by atomic mass is 10.1. The number of hydrogen-bond donors (Lipinski definition) is 1. The van der Waals surface area contributed by atoms with E-state index in [4.69, 9.17) is 5.73 Å². The van der Waals surface area contributed by atoms with Crippen LogP contribution >= 0.6 is 0 Å². The molecule has 5 heteroatoms. The molecule has 0 amide bonds. The number of anilines is 1. The van der Waals surface area contributed by atoms with Crippen LogP contribution in [-0.4, -0.2) is 14.3 Å². The molecule has 0 saturated heterocycles. The van der Waals surface area contributed by atoms with E-state index in [1.54, 1.807) is 4.57 Å². The third-order valence-electron chi connectivity index (χ3n) is 4.03. The number of aromatic nitrogens is 3. The summed E-state index contributed by atoms with van der Waals surface area (Å²) in [6.07, 6.45) is 0. The van der Waals surface area contributed by atoms with E-state index in [1.165, 1.54) is 0 Å². The summed E-state index contributed by atoms with van der Waals surface area (Å²) in [5.41, 5.74) is 9.03. The Kier molecular flexibility index (Phi) is 3.05. The van der Waals surface area contributed by atoms with Gasteiger partial charge in [0.2, 0.25) is 0 Å². The van der Waals surface area contributed by atoms with E-state index in [0.29, 0.717) is 17.7 Å². The Labute approximate surface area is 122 Å². The Morgan fingerprint density at radius 3 is 2.62 bits per heavy atom. The topological polar surface area (TPSA) is 65.8 Å². The highest BCUT2D eigenvalue weighted by molar-refractivity contribution is 5.83. The first kappa shape index (κ1) is 13.4. The summed E-state index contributed by atoms with van der Waals surface area (Å²) < 4.78 is 3.44. The van der Waals surface area contributed by atoms with Gasteiger partial charge in [0.1, 0.15) is 5.82 Å². The second-order valence-corrected chi connectivity index (χ2v) is 5.32. The maximum absolute atomic E-state index is 12.6. The van der Waals surface area contributed by atoms with Crippen LogP contribution in [0.4, 0.5) is 5.82 Å². The highest BCUT2D eigenvalue weighted by Crippen LogP contribution is 2.17. The second kappa shape index (κ2) is 4.77. The average molecular weight is 282 g/mol. The van der Waals surface area contributed by atoms with Crippen molar-refractivity contribution in [3.63, 3.8) is 0 Å². The number of hydrogen-bond acceptors (Lipinski definition) is 3. The van der Waals surface area contributed by atoms with Gasteiger partial charge in [-0.2, -0.15) is 5.10 Å². The molecule has 0 radical (unpaired) electrons. The molecule has 0 bridgehead atoms. The van der Waals surface area contributed by atoms with E-state index < -0.39 is 0 Å². The van der Waals surface area contributed by atoms with Crippen molar-refractivity contribution in [1.82, 2.24) is 14.3 Å². The minimum atomic E-state index is -0.0618. The minimum absolute atomic E-state index is 0.0618. The van der Waals surface area contributed by atoms with Crippen LogP contribution in [0.5, 0.6) is 0 Å². The number of benzene rings is 1. The van der Waals surface area contributed by atoms with Crippen molar-refractivity contribution in [3.8, 4) is 0 Å². The molecule has 3 rings (SSSR count). The fourth-order valence-electron chi connectivity index (χ4n) is 2.69. The molecule has 2 N–H and O–H groups in total. The van der Waals surface area contributed by atoms with Crippen molar-refractivity contribution in [2.24, 2.45) is 7.05 Å². The number of nitrogens with two attached hydrogens (primary N) is 1. The first-order valence-corrected chi connectivity index (χ1v) is 6.86. The fraction of sp³-hybridized carbons (Fsp3) is 0.250. The number of rotatable bonds is 2. The number of nitrogen functional groups attached to an aromatic ring is 1.